The van der Waals surface area contributed by atoms with Gasteiger partial charge in [-0.25, -0.2) is 0 Å². The molecule has 0 aliphatic rings. The van der Waals surface area contributed by atoms with Crippen LogP contribution >= 0.6 is 11.8 Å². The van der Waals surface area contributed by atoms with E-state index >= 15 is 0 Å². The van der Waals surface area contributed by atoms with Crippen LogP contribution in [-0.2, 0) is 0 Å². The molecule has 0 spiro atoms. The summed E-state index contributed by atoms with van der Waals surface area (Å²) in [6, 6.07) is 15.1. The molecule has 0 aromatic heterocycles. The summed E-state index contributed by atoms with van der Waals surface area (Å²) in [5.41, 5.74) is 6.38. The van der Waals surface area contributed by atoms with Crippen molar-refractivity contribution >= 4 is 30.0 Å². The fourth-order valence-corrected chi connectivity index (χ4v) is 2.35. The average Bonchev–Trinajstić information content (AvgIpc) is 2.32. The van der Waals surface area contributed by atoms with Gasteiger partial charge in [0.25, 0.3) is 0 Å². The highest BCUT2D eigenvalue weighted by molar-refractivity contribution is 7.99. The third-order valence-electron chi connectivity index (χ3n) is 2.32. The Morgan fingerprint density at radius 3 is 2.29 bits per heavy atom. The Kier molecular flexibility index (Phi) is 3.73. The van der Waals surface area contributed by atoms with Gasteiger partial charge in [-0.3, -0.25) is 0 Å². The zero-order chi connectivity index (χ0) is 12.3. The van der Waals surface area contributed by atoms with E-state index in [1.165, 1.54) is 0 Å². The van der Waals surface area contributed by atoms with Gasteiger partial charge in [0.05, 0.1) is 0 Å². The summed E-state index contributed by atoms with van der Waals surface area (Å²) in [5, 5.41) is 18.3. The summed E-state index contributed by atoms with van der Waals surface area (Å²) in [5.74, 6) is 0. The molecule has 0 atom stereocenters. The second-order valence-electron chi connectivity index (χ2n) is 3.58. The van der Waals surface area contributed by atoms with Gasteiger partial charge in [-0.05, 0) is 30.3 Å². The minimum atomic E-state index is -1.54. The summed E-state index contributed by atoms with van der Waals surface area (Å²) < 4.78 is 0. The predicted octanol–water partition coefficient (Wildman–Crippen LogP) is 1.10. The molecule has 0 radical (unpaired) electrons. The van der Waals surface area contributed by atoms with Crippen LogP contribution in [0, 0.1) is 0 Å². The van der Waals surface area contributed by atoms with Gasteiger partial charge in [0.15, 0.2) is 0 Å². The molecular weight excluding hydrogens is 233 g/mol. The lowest BCUT2D eigenvalue weighted by molar-refractivity contribution is 0.426. The molecule has 2 rings (SSSR count). The van der Waals surface area contributed by atoms with Gasteiger partial charge >= 0.3 is 7.12 Å². The zero-order valence-electron chi connectivity index (χ0n) is 9.08. The molecule has 4 N–H and O–H groups in total. The highest BCUT2D eigenvalue weighted by Crippen LogP contribution is 2.27. The summed E-state index contributed by atoms with van der Waals surface area (Å²) in [6.07, 6.45) is 0. The van der Waals surface area contributed by atoms with E-state index in [0.29, 0.717) is 11.2 Å². The Morgan fingerprint density at radius 1 is 0.941 bits per heavy atom. The number of hydrogen-bond acceptors (Lipinski definition) is 4. The molecule has 0 bridgehead atoms. The Hall–Kier alpha value is -1.43. The van der Waals surface area contributed by atoms with Crippen molar-refractivity contribution in [1.82, 2.24) is 0 Å². The van der Waals surface area contributed by atoms with Crippen molar-refractivity contribution in [1.29, 1.82) is 0 Å². The second-order valence-corrected chi connectivity index (χ2v) is 4.73. The summed E-state index contributed by atoms with van der Waals surface area (Å²) in [6.45, 7) is 0. The van der Waals surface area contributed by atoms with Crippen LogP contribution in [0.2, 0.25) is 0 Å². The first-order valence-corrected chi connectivity index (χ1v) is 5.97. The predicted molar refractivity (Wildman–Crippen MR) is 71.2 cm³/mol. The largest absolute Gasteiger partial charge is 0.490 e. The molecule has 0 heterocycles. The standard InChI is InChI=1S/C12H12BNO2S/c14-12-7-6-10(8-11(12)13(15)16)17-9-4-2-1-3-5-9/h1-8,15-16H,14H2. The average molecular weight is 245 g/mol. The second kappa shape index (κ2) is 5.27. The van der Waals surface area contributed by atoms with Crippen molar-refractivity contribution < 1.29 is 10.0 Å². The van der Waals surface area contributed by atoms with E-state index in [4.69, 9.17) is 15.8 Å². The van der Waals surface area contributed by atoms with E-state index in [0.717, 1.165) is 9.79 Å². The van der Waals surface area contributed by atoms with Crippen LogP contribution in [-0.4, -0.2) is 17.2 Å². The Labute approximate surface area is 104 Å². The van der Waals surface area contributed by atoms with E-state index in [1.54, 1.807) is 23.9 Å². The smallest absolute Gasteiger partial charge is 0.423 e. The lowest BCUT2D eigenvalue weighted by Crippen LogP contribution is -2.32. The van der Waals surface area contributed by atoms with Crippen LogP contribution in [0.5, 0.6) is 0 Å². The Bertz CT molecular complexity index is 505. The molecule has 0 amide bonds. The van der Waals surface area contributed by atoms with Crippen molar-refractivity contribution in [2.24, 2.45) is 0 Å². The Balaban J connectivity index is 2.26. The van der Waals surface area contributed by atoms with Gasteiger partial charge < -0.3 is 15.8 Å². The molecule has 17 heavy (non-hydrogen) atoms. The molecule has 0 aliphatic carbocycles. The van der Waals surface area contributed by atoms with Crippen LogP contribution in [0.3, 0.4) is 0 Å². The maximum Gasteiger partial charge on any atom is 0.490 e. The van der Waals surface area contributed by atoms with Crippen LogP contribution < -0.4 is 11.2 Å². The van der Waals surface area contributed by atoms with E-state index in [2.05, 4.69) is 0 Å². The number of anilines is 1. The van der Waals surface area contributed by atoms with Crippen molar-refractivity contribution in [3.05, 3.63) is 48.5 Å². The fraction of sp³-hybridized carbons (Fsp3) is 0. The van der Waals surface area contributed by atoms with Gasteiger partial charge in [-0.1, -0.05) is 30.0 Å². The van der Waals surface area contributed by atoms with Gasteiger partial charge in [-0.2, -0.15) is 0 Å². The Morgan fingerprint density at radius 2 is 1.65 bits per heavy atom. The first-order valence-electron chi connectivity index (χ1n) is 5.15. The number of nitrogens with two attached hydrogens (primary N) is 1. The topological polar surface area (TPSA) is 66.5 Å². The van der Waals surface area contributed by atoms with Crippen molar-refractivity contribution in [3.63, 3.8) is 0 Å². The van der Waals surface area contributed by atoms with E-state index in [-0.39, 0.29) is 0 Å². The summed E-state index contributed by atoms with van der Waals surface area (Å²) in [7, 11) is -1.54. The maximum absolute atomic E-state index is 9.16. The van der Waals surface area contributed by atoms with Crippen LogP contribution in [0.25, 0.3) is 0 Å². The molecular formula is C12H12BNO2S. The summed E-state index contributed by atoms with van der Waals surface area (Å²) in [4.78, 5) is 2.02. The molecule has 0 aliphatic heterocycles. The van der Waals surface area contributed by atoms with E-state index < -0.39 is 7.12 Å². The molecule has 2 aromatic rings. The van der Waals surface area contributed by atoms with E-state index in [9.17, 15) is 0 Å². The van der Waals surface area contributed by atoms with Crippen LogP contribution in [0.1, 0.15) is 0 Å². The first-order chi connectivity index (χ1) is 8.16. The fourth-order valence-electron chi connectivity index (χ4n) is 1.46. The quantitative estimate of drug-likeness (QED) is 0.559. The van der Waals surface area contributed by atoms with Crippen molar-refractivity contribution in [2.45, 2.75) is 9.79 Å². The maximum atomic E-state index is 9.16. The third-order valence-corrected chi connectivity index (χ3v) is 3.31. The van der Waals surface area contributed by atoms with E-state index in [1.807, 2.05) is 36.4 Å². The molecule has 2 aromatic carbocycles. The molecule has 5 heteroatoms. The SMILES string of the molecule is Nc1ccc(Sc2ccccc2)cc1B(O)O. The highest BCUT2D eigenvalue weighted by Gasteiger charge is 2.15. The molecule has 0 saturated heterocycles. The monoisotopic (exact) mass is 245 g/mol. The van der Waals surface area contributed by atoms with Crippen molar-refractivity contribution in [3.8, 4) is 0 Å². The number of nitrogen functional groups attached to an aromatic ring is 1. The van der Waals surface area contributed by atoms with Gasteiger partial charge in [0.1, 0.15) is 0 Å². The number of rotatable bonds is 3. The van der Waals surface area contributed by atoms with Gasteiger partial charge in [-0.15, -0.1) is 0 Å². The molecule has 0 fully saturated rings. The van der Waals surface area contributed by atoms with Gasteiger partial charge in [0.2, 0.25) is 0 Å². The summed E-state index contributed by atoms with van der Waals surface area (Å²) >= 11 is 1.55. The highest BCUT2D eigenvalue weighted by atomic mass is 32.2. The number of hydrogen-bond donors (Lipinski definition) is 3. The lowest BCUT2D eigenvalue weighted by atomic mass is 9.79. The minimum absolute atomic E-state index is 0.339. The molecule has 86 valence electrons. The molecule has 0 saturated carbocycles. The molecule has 3 nitrogen and oxygen atoms in total. The zero-order valence-corrected chi connectivity index (χ0v) is 9.89. The normalized spacial score (nSPS) is 10.2. The first kappa shape index (κ1) is 12.0. The van der Waals surface area contributed by atoms with Crippen LogP contribution in [0.4, 0.5) is 5.69 Å². The molecule has 0 unspecified atom stereocenters. The third kappa shape index (κ3) is 3.03. The van der Waals surface area contributed by atoms with Gasteiger partial charge in [0, 0.05) is 20.9 Å². The minimum Gasteiger partial charge on any atom is -0.423 e. The van der Waals surface area contributed by atoms with Crippen LogP contribution in [0.15, 0.2) is 58.3 Å². The number of benzene rings is 2. The van der Waals surface area contributed by atoms with Crippen molar-refractivity contribution in [2.75, 3.05) is 5.73 Å². The lowest BCUT2D eigenvalue weighted by Gasteiger charge is -2.07.